The van der Waals surface area contributed by atoms with Gasteiger partial charge in [-0.25, -0.2) is 9.50 Å². The Kier molecular flexibility index (Phi) is 6.54. The van der Waals surface area contributed by atoms with E-state index in [0.717, 1.165) is 6.07 Å². The molecule has 34 heavy (non-hydrogen) atoms. The van der Waals surface area contributed by atoms with Crippen molar-refractivity contribution < 1.29 is 22.7 Å². The molecule has 178 valence electrons. The van der Waals surface area contributed by atoms with Crippen molar-refractivity contribution >= 4 is 39.1 Å². The molecule has 0 aliphatic carbocycles. The molecule has 0 saturated heterocycles. The van der Waals surface area contributed by atoms with Crippen LogP contribution in [0.2, 0.25) is 5.02 Å². The maximum Gasteiger partial charge on any atom is 0.433 e. The number of halogens is 5. The predicted octanol–water partition coefficient (Wildman–Crippen LogP) is 4.99. The molecular weight excluding hydrogens is 541 g/mol. The van der Waals surface area contributed by atoms with Crippen LogP contribution >= 0.6 is 27.5 Å². The number of hydrogen-bond acceptors (Lipinski definition) is 5. The van der Waals surface area contributed by atoms with Crippen LogP contribution in [0.15, 0.2) is 41.0 Å². The van der Waals surface area contributed by atoms with E-state index in [2.05, 4.69) is 36.4 Å². The summed E-state index contributed by atoms with van der Waals surface area (Å²) in [6, 6.07) is 7.27. The highest BCUT2D eigenvalue weighted by molar-refractivity contribution is 9.10. The van der Waals surface area contributed by atoms with E-state index in [-0.39, 0.29) is 28.6 Å². The number of amides is 1. The molecule has 0 atom stereocenters. The molecule has 4 rings (SSSR count). The van der Waals surface area contributed by atoms with E-state index in [1.165, 1.54) is 7.11 Å². The summed E-state index contributed by atoms with van der Waals surface area (Å²) in [5, 5.41) is 10.3. The van der Waals surface area contributed by atoms with Gasteiger partial charge in [0, 0.05) is 12.1 Å². The predicted molar refractivity (Wildman–Crippen MR) is 122 cm³/mol. The summed E-state index contributed by atoms with van der Waals surface area (Å²) in [6.07, 6.45) is -3.20. The summed E-state index contributed by atoms with van der Waals surface area (Å²) >= 11 is 9.67. The summed E-state index contributed by atoms with van der Waals surface area (Å²) in [5.74, 6) is -0.299. The third kappa shape index (κ3) is 4.47. The van der Waals surface area contributed by atoms with Crippen LogP contribution in [0.25, 0.3) is 16.9 Å². The lowest BCUT2D eigenvalue weighted by Crippen LogP contribution is -2.25. The van der Waals surface area contributed by atoms with E-state index in [4.69, 9.17) is 16.3 Å². The Hall–Kier alpha value is -3.12. The number of nitrogens with zero attached hydrogens (tertiary/aromatic N) is 5. The lowest BCUT2D eigenvalue weighted by Gasteiger charge is -2.11. The molecule has 0 radical (unpaired) electrons. The highest BCUT2D eigenvalue weighted by atomic mass is 79.9. The molecule has 13 heteroatoms. The van der Waals surface area contributed by atoms with Gasteiger partial charge < -0.3 is 10.1 Å². The van der Waals surface area contributed by atoms with Crippen LogP contribution in [0.5, 0.6) is 5.75 Å². The maximum absolute atomic E-state index is 13.9. The third-order valence-corrected chi connectivity index (χ3v) is 6.03. The van der Waals surface area contributed by atoms with Crippen molar-refractivity contribution in [3.05, 3.63) is 63.1 Å². The molecule has 3 aromatic heterocycles. The molecule has 1 aromatic carbocycles. The van der Waals surface area contributed by atoms with Crippen LogP contribution in [0, 0.1) is 0 Å². The van der Waals surface area contributed by atoms with Crippen LogP contribution in [-0.4, -0.2) is 37.4 Å². The van der Waals surface area contributed by atoms with Crippen molar-refractivity contribution in [1.29, 1.82) is 0 Å². The van der Waals surface area contributed by atoms with Gasteiger partial charge in [0.2, 0.25) is 0 Å². The summed E-state index contributed by atoms with van der Waals surface area (Å²) in [4.78, 5) is 17.1. The molecule has 0 saturated carbocycles. The summed E-state index contributed by atoms with van der Waals surface area (Å²) in [7, 11) is 1.45. The number of methoxy groups -OCH3 is 1. The van der Waals surface area contributed by atoms with Crippen LogP contribution in [0.3, 0.4) is 0 Å². The Morgan fingerprint density at radius 1 is 1.29 bits per heavy atom. The molecule has 4 aromatic rings. The molecule has 1 N–H and O–H groups in total. The minimum atomic E-state index is -4.78. The van der Waals surface area contributed by atoms with E-state index >= 15 is 0 Å². The van der Waals surface area contributed by atoms with Crippen molar-refractivity contribution in [2.45, 2.75) is 26.2 Å². The van der Waals surface area contributed by atoms with E-state index in [0.29, 0.717) is 32.5 Å². The number of fused-ring (bicyclic) bond motifs is 1. The minimum Gasteiger partial charge on any atom is -0.497 e. The minimum absolute atomic E-state index is 0.00302. The second-order valence-electron chi connectivity index (χ2n) is 7.09. The number of rotatable bonds is 6. The largest absolute Gasteiger partial charge is 0.497 e. The average Bonchev–Trinajstić information content (AvgIpc) is 3.35. The zero-order valence-corrected chi connectivity index (χ0v) is 20.2. The normalized spacial score (nSPS) is 11.7. The van der Waals surface area contributed by atoms with Gasteiger partial charge in [-0.3, -0.25) is 9.48 Å². The fourth-order valence-electron chi connectivity index (χ4n) is 3.35. The lowest BCUT2D eigenvalue weighted by molar-refractivity contribution is -0.142. The van der Waals surface area contributed by atoms with Crippen molar-refractivity contribution in [3.8, 4) is 17.0 Å². The van der Waals surface area contributed by atoms with Crippen LogP contribution in [0.1, 0.15) is 28.8 Å². The maximum atomic E-state index is 13.9. The topological polar surface area (TPSA) is 86.3 Å². The number of ether oxygens (including phenoxy) is 1. The molecule has 0 fully saturated rings. The number of carbonyl (C=O) groups excluding carboxylic acids is 1. The molecule has 0 aliphatic rings. The number of carbonyl (C=O) groups is 1. The fourth-order valence-corrected chi connectivity index (χ4v) is 4.04. The second kappa shape index (κ2) is 9.26. The average molecular weight is 558 g/mol. The smallest absolute Gasteiger partial charge is 0.433 e. The molecule has 8 nitrogen and oxygen atoms in total. The molecule has 1 amide bonds. The molecule has 0 unspecified atom stereocenters. The van der Waals surface area contributed by atoms with Gasteiger partial charge >= 0.3 is 6.18 Å². The van der Waals surface area contributed by atoms with Gasteiger partial charge in [-0.05, 0) is 41.1 Å². The Morgan fingerprint density at radius 3 is 2.74 bits per heavy atom. The molecular formula is C21H17BrClF3N6O2. The lowest BCUT2D eigenvalue weighted by atomic mass is 10.1. The van der Waals surface area contributed by atoms with Crippen LogP contribution in [0.4, 0.5) is 13.2 Å². The first-order chi connectivity index (χ1) is 16.1. The third-order valence-electron chi connectivity index (χ3n) is 5.02. The standard InChI is InChI=1S/C21H17BrClF3N6O2/c1-3-31-15(13(22)9-28-31)10-27-20(33)18-17(23)19-29-14(11-5-4-6-12(7-11)34-2)8-16(21(24,25)26)32(19)30-18/h4-9H,3,10H2,1-2H3,(H,27,33). The van der Waals surface area contributed by atoms with Gasteiger partial charge in [0.15, 0.2) is 17.0 Å². The Morgan fingerprint density at radius 2 is 2.06 bits per heavy atom. The highest BCUT2D eigenvalue weighted by Gasteiger charge is 2.36. The monoisotopic (exact) mass is 556 g/mol. The van der Waals surface area contributed by atoms with Crippen molar-refractivity contribution in [3.63, 3.8) is 0 Å². The van der Waals surface area contributed by atoms with Crippen molar-refractivity contribution in [2.75, 3.05) is 7.11 Å². The SMILES string of the molecule is CCn1ncc(Br)c1CNC(=O)c1nn2c(C(F)(F)F)cc(-c3cccc(OC)c3)nc2c1Cl. The number of aryl methyl sites for hydroxylation is 1. The number of alkyl halides is 3. The van der Waals surface area contributed by atoms with Gasteiger partial charge in [-0.2, -0.15) is 23.4 Å². The van der Waals surface area contributed by atoms with E-state index in [1.54, 1.807) is 35.1 Å². The first-order valence-electron chi connectivity index (χ1n) is 9.93. The highest BCUT2D eigenvalue weighted by Crippen LogP contribution is 2.35. The summed E-state index contributed by atoms with van der Waals surface area (Å²) in [5.41, 5.74) is -0.717. The number of aromatic nitrogens is 5. The molecule has 3 heterocycles. The Labute approximate surface area is 204 Å². The Bertz CT molecular complexity index is 1390. The van der Waals surface area contributed by atoms with Gasteiger partial charge in [0.05, 0.1) is 35.7 Å². The van der Waals surface area contributed by atoms with Crippen molar-refractivity contribution in [1.82, 2.24) is 29.7 Å². The number of nitrogens with one attached hydrogen (secondary N) is 1. The number of benzene rings is 1. The van der Waals surface area contributed by atoms with Gasteiger partial charge in [0.25, 0.3) is 5.91 Å². The second-order valence-corrected chi connectivity index (χ2v) is 8.32. The van der Waals surface area contributed by atoms with E-state index < -0.39 is 17.8 Å². The zero-order valence-electron chi connectivity index (χ0n) is 17.8. The van der Waals surface area contributed by atoms with E-state index in [9.17, 15) is 18.0 Å². The molecule has 0 bridgehead atoms. The van der Waals surface area contributed by atoms with Gasteiger partial charge in [-0.15, -0.1) is 0 Å². The Balaban J connectivity index is 1.77. The first-order valence-corrected chi connectivity index (χ1v) is 11.1. The van der Waals surface area contributed by atoms with Gasteiger partial charge in [0.1, 0.15) is 10.8 Å². The zero-order chi connectivity index (χ0) is 24.6. The van der Waals surface area contributed by atoms with Crippen molar-refractivity contribution in [2.24, 2.45) is 0 Å². The molecule has 0 aliphatic heterocycles. The summed E-state index contributed by atoms with van der Waals surface area (Å²) < 4.78 is 49.7. The quantitative estimate of drug-likeness (QED) is 0.361. The van der Waals surface area contributed by atoms with Gasteiger partial charge in [-0.1, -0.05) is 23.7 Å². The van der Waals surface area contributed by atoms with E-state index in [1.807, 2.05) is 6.92 Å². The fraction of sp³-hybridized carbons (Fsp3) is 0.238. The molecule has 0 spiro atoms. The van der Waals surface area contributed by atoms with Crippen LogP contribution in [-0.2, 0) is 19.3 Å². The number of hydrogen-bond donors (Lipinski definition) is 1. The first kappa shape index (κ1) is 24.0. The van der Waals surface area contributed by atoms with Crippen LogP contribution < -0.4 is 10.1 Å². The summed E-state index contributed by atoms with van der Waals surface area (Å²) in [6.45, 7) is 2.51.